The Hall–Kier alpha value is -0.831. The molecule has 4 heteroatoms. The van der Waals surface area contributed by atoms with Gasteiger partial charge in [-0.1, -0.05) is 0 Å². The zero-order valence-electron chi connectivity index (χ0n) is 16.2. The molecule has 0 heterocycles. The van der Waals surface area contributed by atoms with E-state index in [0.717, 1.165) is 6.42 Å². The molecule has 148 valence electrons. The fourth-order valence-electron chi connectivity index (χ4n) is 3.13. The zero-order chi connectivity index (χ0) is 19.0. The molecule has 0 aliphatic carbocycles. The number of aliphatic hydroxyl groups excluding tert-OH is 1. The maximum atomic E-state index is 10.7. The standard InChI is InChI=1S/C22H36O3Se/c1-2-3-4-5-6-7-8-12-17-21(20(23)16-13-18-22(24)25)26-19-14-10-9-11-15-19/h9-11,14-15,20-21,23H,2-8,12-13,16-18H2,1H3,(H,24,25). The quantitative estimate of drug-likeness (QED) is 0.290. The molecule has 2 N–H and O–H groups in total. The van der Waals surface area contributed by atoms with Gasteiger partial charge < -0.3 is 0 Å². The van der Waals surface area contributed by atoms with Crippen LogP contribution >= 0.6 is 0 Å². The summed E-state index contributed by atoms with van der Waals surface area (Å²) in [7, 11) is 0. The van der Waals surface area contributed by atoms with E-state index in [0.29, 0.717) is 17.7 Å². The SMILES string of the molecule is CCCCCCCCCCC([Se]c1ccccc1)C(O)CCCC(=O)O. The van der Waals surface area contributed by atoms with Gasteiger partial charge in [0.15, 0.2) is 0 Å². The summed E-state index contributed by atoms with van der Waals surface area (Å²) in [5, 5.41) is 19.4. The number of rotatable bonds is 16. The number of hydrogen-bond acceptors (Lipinski definition) is 2. The van der Waals surface area contributed by atoms with E-state index in [1.165, 1.54) is 55.8 Å². The van der Waals surface area contributed by atoms with Crippen molar-refractivity contribution in [2.45, 2.75) is 94.9 Å². The molecule has 1 aromatic carbocycles. The molecule has 2 atom stereocenters. The number of hydrogen-bond donors (Lipinski definition) is 2. The van der Waals surface area contributed by atoms with Gasteiger partial charge in [0.05, 0.1) is 0 Å². The van der Waals surface area contributed by atoms with Crippen molar-refractivity contribution >= 4 is 25.4 Å². The minimum atomic E-state index is -0.773. The van der Waals surface area contributed by atoms with Crippen LogP contribution in [0.1, 0.15) is 84.0 Å². The molecule has 1 aromatic rings. The molecule has 26 heavy (non-hydrogen) atoms. The Balaban J connectivity index is 2.36. The Bertz CT molecular complexity index is 464. The van der Waals surface area contributed by atoms with Crippen LogP contribution in [0, 0.1) is 0 Å². The summed E-state index contributed by atoms with van der Waals surface area (Å²) in [6.07, 6.45) is 12.4. The molecular weight excluding hydrogens is 391 g/mol. The van der Waals surface area contributed by atoms with Gasteiger partial charge in [-0.3, -0.25) is 0 Å². The van der Waals surface area contributed by atoms with E-state index < -0.39 is 5.97 Å². The summed E-state index contributed by atoms with van der Waals surface area (Å²) in [6, 6.07) is 10.4. The van der Waals surface area contributed by atoms with Crippen LogP contribution in [0.3, 0.4) is 0 Å². The number of unbranched alkanes of at least 4 members (excludes halogenated alkanes) is 7. The van der Waals surface area contributed by atoms with Gasteiger partial charge >= 0.3 is 166 Å². The normalized spacial score (nSPS) is 13.5. The molecule has 0 amide bonds. The predicted octanol–water partition coefficient (Wildman–Crippen LogP) is 4.95. The van der Waals surface area contributed by atoms with Gasteiger partial charge in [-0.15, -0.1) is 0 Å². The summed E-state index contributed by atoms with van der Waals surface area (Å²) < 4.78 is 1.32. The van der Waals surface area contributed by atoms with Crippen LogP contribution in [-0.2, 0) is 4.79 Å². The van der Waals surface area contributed by atoms with Crippen molar-refractivity contribution in [2.24, 2.45) is 0 Å². The van der Waals surface area contributed by atoms with Gasteiger partial charge in [-0.25, -0.2) is 0 Å². The van der Waals surface area contributed by atoms with Crippen LogP contribution in [0.5, 0.6) is 0 Å². The summed E-state index contributed by atoms with van der Waals surface area (Å²) in [4.78, 5) is 11.0. The summed E-state index contributed by atoms with van der Waals surface area (Å²) in [6.45, 7) is 2.25. The molecule has 0 radical (unpaired) electrons. The minimum absolute atomic E-state index is 0.153. The van der Waals surface area contributed by atoms with Crippen molar-refractivity contribution in [3.8, 4) is 0 Å². The molecule has 0 saturated heterocycles. The predicted molar refractivity (Wildman–Crippen MR) is 110 cm³/mol. The Kier molecular flexibility index (Phi) is 13.6. The van der Waals surface area contributed by atoms with Crippen LogP contribution in [-0.4, -0.2) is 37.2 Å². The third-order valence-corrected chi connectivity index (χ3v) is 7.62. The first kappa shape index (κ1) is 23.2. The third-order valence-electron chi connectivity index (χ3n) is 4.69. The van der Waals surface area contributed by atoms with Crippen molar-refractivity contribution < 1.29 is 15.0 Å². The van der Waals surface area contributed by atoms with E-state index in [4.69, 9.17) is 5.11 Å². The van der Waals surface area contributed by atoms with Crippen LogP contribution in [0.4, 0.5) is 0 Å². The molecule has 0 aromatic heterocycles. The topological polar surface area (TPSA) is 57.5 Å². The molecule has 3 nitrogen and oxygen atoms in total. The molecule has 0 saturated carbocycles. The first-order valence-corrected chi connectivity index (χ1v) is 12.1. The van der Waals surface area contributed by atoms with E-state index in [2.05, 4.69) is 31.2 Å². The van der Waals surface area contributed by atoms with Crippen molar-refractivity contribution in [3.63, 3.8) is 0 Å². The third kappa shape index (κ3) is 11.7. The molecule has 0 bridgehead atoms. The number of aliphatic carboxylic acids is 1. The van der Waals surface area contributed by atoms with Gasteiger partial charge in [0.1, 0.15) is 0 Å². The average Bonchev–Trinajstić information content (AvgIpc) is 2.63. The average molecular weight is 427 g/mol. The molecule has 0 aliphatic heterocycles. The van der Waals surface area contributed by atoms with Crippen LogP contribution in [0.25, 0.3) is 0 Å². The maximum absolute atomic E-state index is 10.7. The van der Waals surface area contributed by atoms with Crippen molar-refractivity contribution in [2.75, 3.05) is 0 Å². The van der Waals surface area contributed by atoms with Gasteiger partial charge in [-0.05, 0) is 0 Å². The number of carbonyl (C=O) groups is 1. The van der Waals surface area contributed by atoms with E-state index in [9.17, 15) is 9.90 Å². The van der Waals surface area contributed by atoms with E-state index in [1.54, 1.807) is 0 Å². The molecule has 2 unspecified atom stereocenters. The summed E-state index contributed by atoms with van der Waals surface area (Å²) >= 11 is 0.241. The fourth-order valence-corrected chi connectivity index (χ4v) is 5.74. The Morgan fingerprint density at radius 1 is 0.923 bits per heavy atom. The van der Waals surface area contributed by atoms with E-state index in [-0.39, 0.29) is 27.5 Å². The second kappa shape index (κ2) is 15.2. The van der Waals surface area contributed by atoms with Crippen LogP contribution in [0.15, 0.2) is 30.3 Å². The second-order valence-electron chi connectivity index (χ2n) is 7.09. The first-order valence-electron chi connectivity index (χ1n) is 10.2. The summed E-state index contributed by atoms with van der Waals surface area (Å²) in [5.41, 5.74) is 0. The monoisotopic (exact) mass is 428 g/mol. The number of carboxylic acids is 1. The van der Waals surface area contributed by atoms with E-state index >= 15 is 0 Å². The Labute approximate surface area is 165 Å². The van der Waals surface area contributed by atoms with Crippen LogP contribution in [0.2, 0.25) is 4.82 Å². The van der Waals surface area contributed by atoms with Crippen LogP contribution < -0.4 is 4.46 Å². The molecule has 0 spiro atoms. The fraction of sp³-hybridized carbons (Fsp3) is 0.682. The van der Waals surface area contributed by atoms with Crippen molar-refractivity contribution in [1.29, 1.82) is 0 Å². The molecular formula is C22H36O3Se. The number of benzene rings is 1. The summed E-state index contributed by atoms with van der Waals surface area (Å²) in [5.74, 6) is -0.773. The Morgan fingerprint density at radius 3 is 2.15 bits per heavy atom. The number of aliphatic hydroxyl groups is 1. The van der Waals surface area contributed by atoms with Crippen molar-refractivity contribution in [3.05, 3.63) is 30.3 Å². The number of carboxylic acid groups (broad SMARTS) is 1. The zero-order valence-corrected chi connectivity index (χ0v) is 18.0. The van der Waals surface area contributed by atoms with Gasteiger partial charge in [0.25, 0.3) is 0 Å². The van der Waals surface area contributed by atoms with Gasteiger partial charge in [-0.2, -0.15) is 0 Å². The van der Waals surface area contributed by atoms with Crippen molar-refractivity contribution in [1.82, 2.24) is 0 Å². The van der Waals surface area contributed by atoms with E-state index in [1.807, 2.05) is 6.07 Å². The second-order valence-corrected chi connectivity index (χ2v) is 9.84. The van der Waals surface area contributed by atoms with Gasteiger partial charge in [0, 0.05) is 0 Å². The Morgan fingerprint density at radius 2 is 1.54 bits per heavy atom. The molecule has 1 rings (SSSR count). The van der Waals surface area contributed by atoms with Gasteiger partial charge in [0.2, 0.25) is 0 Å². The first-order chi connectivity index (χ1) is 12.6. The molecule has 0 fully saturated rings. The molecule has 0 aliphatic rings.